The molecule has 1 atom stereocenters. The van der Waals surface area contributed by atoms with Gasteiger partial charge in [0.1, 0.15) is 6.04 Å². The smallest absolute Gasteiger partial charge is 0.321 e. The van der Waals surface area contributed by atoms with Gasteiger partial charge >= 0.3 is 5.97 Å². The Hall–Kier alpha value is -2.27. The zero-order chi connectivity index (χ0) is 15.1. The van der Waals surface area contributed by atoms with Crippen LogP contribution in [0.5, 0.6) is 11.5 Å². The number of carboxylic acids is 1. The molecular weight excluding hydrogens is 258 g/mol. The van der Waals surface area contributed by atoms with Crippen molar-refractivity contribution in [1.29, 1.82) is 0 Å². The minimum absolute atomic E-state index is 0.213. The summed E-state index contributed by atoms with van der Waals surface area (Å²) in [5.74, 6) is -1.44. The van der Waals surface area contributed by atoms with E-state index in [1.54, 1.807) is 23.1 Å². The Morgan fingerprint density at radius 1 is 1.20 bits per heavy atom. The van der Waals surface area contributed by atoms with Gasteiger partial charge in [0.15, 0.2) is 11.5 Å². The predicted octanol–water partition coefficient (Wildman–Crippen LogP) is 1.77. The van der Waals surface area contributed by atoms with Gasteiger partial charge in [-0.25, -0.2) is 0 Å². The maximum atomic E-state index is 11.4. The molecule has 0 spiro atoms. The number of aliphatic carboxylic acids is 1. The highest BCUT2D eigenvalue weighted by atomic mass is 16.4. The minimum Gasteiger partial charge on any atom is -0.504 e. The molecule has 20 heavy (non-hydrogen) atoms. The van der Waals surface area contributed by atoms with Gasteiger partial charge in [-0.1, -0.05) is 18.2 Å². The Labute approximate surface area is 118 Å². The average molecular weight is 277 g/mol. The fourth-order valence-corrected chi connectivity index (χ4v) is 1.95. The molecule has 5 heteroatoms. The monoisotopic (exact) mass is 277 g/mol. The molecule has 1 aromatic rings. The first-order chi connectivity index (χ1) is 9.49. The van der Waals surface area contributed by atoms with Gasteiger partial charge in [-0.3, -0.25) is 9.69 Å². The second-order valence-corrected chi connectivity index (χ2v) is 4.41. The topological polar surface area (TPSA) is 81.0 Å². The molecule has 0 heterocycles. The number of carboxylic acid groups (broad SMARTS) is 1. The van der Waals surface area contributed by atoms with Crippen LogP contribution in [0.3, 0.4) is 0 Å². The van der Waals surface area contributed by atoms with Crippen molar-refractivity contribution in [3.63, 3.8) is 0 Å². The van der Waals surface area contributed by atoms with E-state index in [4.69, 9.17) is 0 Å². The SMILES string of the molecule is C=CCN(CC=C)C(Cc1ccc(O)c(O)c1)C(=O)O. The van der Waals surface area contributed by atoms with Gasteiger partial charge in [-0.2, -0.15) is 0 Å². The summed E-state index contributed by atoms with van der Waals surface area (Å²) in [6.45, 7) is 8.08. The van der Waals surface area contributed by atoms with Crippen LogP contribution in [0.1, 0.15) is 5.56 Å². The van der Waals surface area contributed by atoms with E-state index in [9.17, 15) is 20.1 Å². The van der Waals surface area contributed by atoms with E-state index in [1.807, 2.05) is 0 Å². The third-order valence-corrected chi connectivity index (χ3v) is 2.92. The fraction of sp³-hybridized carbons (Fsp3) is 0.267. The summed E-state index contributed by atoms with van der Waals surface area (Å²) < 4.78 is 0. The van der Waals surface area contributed by atoms with E-state index >= 15 is 0 Å². The molecule has 0 aliphatic rings. The van der Waals surface area contributed by atoms with Crippen molar-refractivity contribution < 1.29 is 20.1 Å². The molecule has 0 aliphatic carbocycles. The Kier molecular flexibility index (Phi) is 5.80. The Morgan fingerprint density at radius 3 is 2.25 bits per heavy atom. The van der Waals surface area contributed by atoms with Crippen LogP contribution in [-0.2, 0) is 11.2 Å². The van der Waals surface area contributed by atoms with Crippen LogP contribution >= 0.6 is 0 Å². The quantitative estimate of drug-likeness (QED) is 0.498. The third-order valence-electron chi connectivity index (χ3n) is 2.92. The number of nitrogens with zero attached hydrogens (tertiary/aromatic N) is 1. The first kappa shape index (κ1) is 15.8. The maximum Gasteiger partial charge on any atom is 0.321 e. The first-order valence-electron chi connectivity index (χ1n) is 6.19. The molecule has 0 saturated carbocycles. The average Bonchev–Trinajstić information content (AvgIpc) is 2.39. The van der Waals surface area contributed by atoms with Crippen molar-refractivity contribution in [1.82, 2.24) is 4.90 Å². The molecule has 5 nitrogen and oxygen atoms in total. The zero-order valence-electron chi connectivity index (χ0n) is 11.2. The predicted molar refractivity (Wildman–Crippen MR) is 76.9 cm³/mol. The van der Waals surface area contributed by atoms with Crippen LogP contribution in [0.4, 0.5) is 0 Å². The summed E-state index contributed by atoms with van der Waals surface area (Å²) in [4.78, 5) is 13.1. The summed E-state index contributed by atoms with van der Waals surface area (Å²) in [7, 11) is 0. The highest BCUT2D eigenvalue weighted by Crippen LogP contribution is 2.26. The number of rotatable bonds is 8. The van der Waals surface area contributed by atoms with Gasteiger partial charge in [0, 0.05) is 13.1 Å². The highest BCUT2D eigenvalue weighted by Gasteiger charge is 2.24. The number of phenolic OH excluding ortho intramolecular Hbond substituents is 2. The lowest BCUT2D eigenvalue weighted by Crippen LogP contribution is -2.43. The Balaban J connectivity index is 2.95. The number of carbonyl (C=O) groups is 1. The third kappa shape index (κ3) is 4.13. The normalized spacial score (nSPS) is 12.1. The van der Waals surface area contributed by atoms with Gasteiger partial charge in [-0.05, 0) is 24.1 Å². The molecule has 108 valence electrons. The van der Waals surface area contributed by atoms with Gasteiger partial charge in [0.2, 0.25) is 0 Å². The number of hydrogen-bond donors (Lipinski definition) is 3. The lowest BCUT2D eigenvalue weighted by atomic mass is 10.0. The number of aromatic hydroxyl groups is 2. The minimum atomic E-state index is -0.957. The molecule has 1 unspecified atom stereocenters. The van der Waals surface area contributed by atoms with Gasteiger partial charge < -0.3 is 15.3 Å². The molecule has 0 aromatic heterocycles. The lowest BCUT2D eigenvalue weighted by molar-refractivity contribution is -0.142. The number of phenols is 2. The van der Waals surface area contributed by atoms with E-state index in [0.717, 1.165) is 0 Å². The summed E-state index contributed by atoms with van der Waals surface area (Å²) in [5.41, 5.74) is 0.630. The molecule has 0 saturated heterocycles. The summed E-state index contributed by atoms with van der Waals surface area (Å²) >= 11 is 0. The molecule has 0 aliphatic heterocycles. The largest absolute Gasteiger partial charge is 0.504 e. The van der Waals surface area contributed by atoms with Gasteiger partial charge in [0.05, 0.1) is 0 Å². The molecule has 1 rings (SSSR count). The van der Waals surface area contributed by atoms with Crippen molar-refractivity contribution >= 4 is 5.97 Å². The standard InChI is InChI=1S/C15H19NO4/c1-3-7-16(8-4-2)12(15(19)20)9-11-5-6-13(17)14(18)10-11/h3-6,10,12,17-18H,1-2,7-9H2,(H,19,20). The first-order valence-corrected chi connectivity index (χ1v) is 6.19. The van der Waals surface area contributed by atoms with Crippen LogP contribution in [0.15, 0.2) is 43.5 Å². The van der Waals surface area contributed by atoms with Crippen molar-refractivity contribution in [2.24, 2.45) is 0 Å². The Bertz CT molecular complexity index is 489. The van der Waals surface area contributed by atoms with Crippen molar-refractivity contribution in [2.75, 3.05) is 13.1 Å². The molecule has 0 amide bonds. The molecule has 0 fully saturated rings. The van der Waals surface area contributed by atoms with Gasteiger partial charge in [0.25, 0.3) is 0 Å². The molecular formula is C15H19NO4. The van der Waals surface area contributed by atoms with Crippen LogP contribution in [0.2, 0.25) is 0 Å². The van der Waals surface area contributed by atoms with Crippen LogP contribution < -0.4 is 0 Å². The summed E-state index contributed by atoms with van der Waals surface area (Å²) in [6.07, 6.45) is 3.48. The summed E-state index contributed by atoms with van der Waals surface area (Å²) in [5, 5.41) is 28.1. The molecule has 0 radical (unpaired) electrons. The number of benzene rings is 1. The van der Waals surface area contributed by atoms with E-state index in [0.29, 0.717) is 18.7 Å². The maximum absolute atomic E-state index is 11.4. The van der Waals surface area contributed by atoms with Gasteiger partial charge in [-0.15, -0.1) is 13.2 Å². The van der Waals surface area contributed by atoms with E-state index < -0.39 is 12.0 Å². The van der Waals surface area contributed by atoms with Crippen LogP contribution in [0.25, 0.3) is 0 Å². The highest BCUT2D eigenvalue weighted by molar-refractivity contribution is 5.74. The molecule has 0 bridgehead atoms. The van der Waals surface area contributed by atoms with Crippen molar-refractivity contribution in [2.45, 2.75) is 12.5 Å². The zero-order valence-corrected chi connectivity index (χ0v) is 11.2. The second kappa shape index (κ2) is 7.35. The number of hydrogen-bond acceptors (Lipinski definition) is 4. The lowest BCUT2D eigenvalue weighted by Gasteiger charge is -2.26. The van der Waals surface area contributed by atoms with Crippen molar-refractivity contribution in [3.05, 3.63) is 49.1 Å². The fourth-order valence-electron chi connectivity index (χ4n) is 1.95. The molecule has 1 aromatic carbocycles. The van der Waals surface area contributed by atoms with Crippen LogP contribution in [0, 0.1) is 0 Å². The Morgan fingerprint density at radius 2 is 1.80 bits per heavy atom. The van der Waals surface area contributed by atoms with Crippen LogP contribution in [-0.4, -0.2) is 45.3 Å². The second-order valence-electron chi connectivity index (χ2n) is 4.41. The van der Waals surface area contributed by atoms with E-state index in [-0.39, 0.29) is 17.9 Å². The summed E-state index contributed by atoms with van der Waals surface area (Å²) in [6, 6.07) is 3.54. The van der Waals surface area contributed by atoms with E-state index in [1.165, 1.54) is 12.1 Å². The van der Waals surface area contributed by atoms with Crippen molar-refractivity contribution in [3.8, 4) is 11.5 Å². The van der Waals surface area contributed by atoms with E-state index in [2.05, 4.69) is 13.2 Å². The molecule has 3 N–H and O–H groups in total.